The fraction of sp³-hybridized carbons (Fsp3) is 0.550. The lowest BCUT2D eigenvalue weighted by Gasteiger charge is -2.27. The Hall–Kier alpha value is -1.42. The molecular formula is C20H31IN6S. The molecule has 0 unspecified atom stereocenters. The molecule has 1 aliphatic heterocycles. The monoisotopic (exact) mass is 514 g/mol. The van der Waals surface area contributed by atoms with Crippen LogP contribution in [0.15, 0.2) is 28.7 Å². The molecule has 1 N–H and O–H groups in total. The van der Waals surface area contributed by atoms with E-state index in [1.165, 1.54) is 24.8 Å². The minimum atomic E-state index is 0. The number of anilines is 1. The summed E-state index contributed by atoms with van der Waals surface area (Å²) < 4.78 is 0. The largest absolute Gasteiger partial charge is 0.357 e. The number of aromatic nitrogens is 2. The number of halogens is 1. The standard InChI is InChI=1S/C20H30N6S.HI/c1-4-21-20(25(3)14-18-15-27-16(2)24-18)23-13-17-8-9-22-19(12-17)26-10-6-5-7-11-26;/h8-9,12,15H,4-7,10-11,13-14H2,1-3H3,(H,21,23);1H. The van der Waals surface area contributed by atoms with Gasteiger partial charge in [-0.2, -0.15) is 0 Å². The molecule has 0 saturated carbocycles. The summed E-state index contributed by atoms with van der Waals surface area (Å²) in [7, 11) is 2.06. The maximum absolute atomic E-state index is 4.83. The van der Waals surface area contributed by atoms with Gasteiger partial charge in [0.15, 0.2) is 5.96 Å². The van der Waals surface area contributed by atoms with Crippen LogP contribution in [0.25, 0.3) is 0 Å². The van der Waals surface area contributed by atoms with Crippen molar-refractivity contribution in [2.45, 2.75) is 46.2 Å². The van der Waals surface area contributed by atoms with Gasteiger partial charge in [0.05, 0.1) is 23.8 Å². The normalized spacial score (nSPS) is 14.5. The third kappa shape index (κ3) is 6.58. The first-order valence-electron chi connectivity index (χ1n) is 9.76. The summed E-state index contributed by atoms with van der Waals surface area (Å²) >= 11 is 1.69. The number of aliphatic imine (C=N–C) groups is 1. The van der Waals surface area contributed by atoms with Crippen molar-refractivity contribution in [1.82, 2.24) is 20.2 Å². The molecule has 1 saturated heterocycles. The molecule has 0 radical (unpaired) electrons. The van der Waals surface area contributed by atoms with E-state index in [-0.39, 0.29) is 24.0 Å². The van der Waals surface area contributed by atoms with Crippen molar-refractivity contribution in [3.05, 3.63) is 40.0 Å². The van der Waals surface area contributed by atoms with Gasteiger partial charge in [-0.15, -0.1) is 35.3 Å². The van der Waals surface area contributed by atoms with Gasteiger partial charge in [0, 0.05) is 38.3 Å². The first kappa shape index (κ1) is 22.9. The van der Waals surface area contributed by atoms with Crippen molar-refractivity contribution in [3.63, 3.8) is 0 Å². The maximum atomic E-state index is 4.83. The van der Waals surface area contributed by atoms with Crippen LogP contribution >= 0.6 is 35.3 Å². The molecule has 0 aromatic carbocycles. The van der Waals surface area contributed by atoms with E-state index < -0.39 is 0 Å². The van der Waals surface area contributed by atoms with Crippen LogP contribution in [0.4, 0.5) is 5.82 Å². The van der Waals surface area contributed by atoms with Crippen molar-refractivity contribution in [1.29, 1.82) is 0 Å². The topological polar surface area (TPSA) is 56.7 Å². The van der Waals surface area contributed by atoms with Gasteiger partial charge in [0.2, 0.25) is 0 Å². The summed E-state index contributed by atoms with van der Waals surface area (Å²) in [4.78, 5) is 18.5. The number of hydrogen-bond acceptors (Lipinski definition) is 5. The summed E-state index contributed by atoms with van der Waals surface area (Å²) in [5.41, 5.74) is 2.28. The average molecular weight is 514 g/mol. The molecule has 0 amide bonds. The van der Waals surface area contributed by atoms with E-state index in [0.717, 1.165) is 48.7 Å². The Morgan fingerprint density at radius 1 is 1.32 bits per heavy atom. The Labute approximate surface area is 189 Å². The summed E-state index contributed by atoms with van der Waals surface area (Å²) in [6.07, 6.45) is 5.76. The van der Waals surface area contributed by atoms with Crippen molar-refractivity contribution >= 4 is 47.1 Å². The van der Waals surface area contributed by atoms with E-state index in [1.54, 1.807) is 11.3 Å². The minimum absolute atomic E-state index is 0. The van der Waals surface area contributed by atoms with Crippen LogP contribution in [0.5, 0.6) is 0 Å². The second kappa shape index (κ2) is 11.5. The molecule has 154 valence electrons. The molecular weight excluding hydrogens is 483 g/mol. The number of thiazole rings is 1. The predicted molar refractivity (Wildman–Crippen MR) is 129 cm³/mol. The van der Waals surface area contributed by atoms with Crippen LogP contribution in [0.3, 0.4) is 0 Å². The van der Waals surface area contributed by atoms with Crippen molar-refractivity contribution < 1.29 is 0 Å². The number of aryl methyl sites for hydroxylation is 1. The number of rotatable bonds is 6. The highest BCUT2D eigenvalue weighted by Gasteiger charge is 2.13. The maximum Gasteiger partial charge on any atom is 0.194 e. The quantitative estimate of drug-likeness (QED) is 0.358. The van der Waals surface area contributed by atoms with E-state index >= 15 is 0 Å². The van der Waals surface area contributed by atoms with Gasteiger partial charge in [-0.3, -0.25) is 0 Å². The molecule has 28 heavy (non-hydrogen) atoms. The molecule has 3 heterocycles. The first-order valence-corrected chi connectivity index (χ1v) is 10.6. The number of nitrogens with one attached hydrogen (secondary N) is 1. The van der Waals surface area contributed by atoms with Crippen molar-refractivity contribution in [2.75, 3.05) is 31.6 Å². The summed E-state index contributed by atoms with van der Waals surface area (Å²) in [5, 5.41) is 6.60. The van der Waals surface area contributed by atoms with Gasteiger partial charge in [0.25, 0.3) is 0 Å². The molecule has 6 nitrogen and oxygen atoms in total. The highest BCUT2D eigenvalue weighted by Crippen LogP contribution is 2.19. The van der Waals surface area contributed by atoms with E-state index in [4.69, 9.17) is 4.99 Å². The molecule has 0 spiro atoms. The Morgan fingerprint density at radius 2 is 2.11 bits per heavy atom. The van der Waals surface area contributed by atoms with Gasteiger partial charge in [-0.1, -0.05) is 0 Å². The highest BCUT2D eigenvalue weighted by molar-refractivity contribution is 14.0. The van der Waals surface area contributed by atoms with Gasteiger partial charge in [-0.25, -0.2) is 15.0 Å². The minimum Gasteiger partial charge on any atom is -0.357 e. The lowest BCUT2D eigenvalue weighted by molar-refractivity contribution is 0.471. The number of pyridine rings is 1. The number of hydrogen-bond donors (Lipinski definition) is 1. The Morgan fingerprint density at radius 3 is 2.79 bits per heavy atom. The van der Waals surface area contributed by atoms with Crippen LogP contribution in [0.1, 0.15) is 42.5 Å². The van der Waals surface area contributed by atoms with E-state index in [9.17, 15) is 0 Å². The third-order valence-corrected chi connectivity index (χ3v) is 5.49. The first-order chi connectivity index (χ1) is 13.2. The third-order valence-electron chi connectivity index (χ3n) is 4.66. The average Bonchev–Trinajstić information content (AvgIpc) is 3.10. The van der Waals surface area contributed by atoms with Crippen molar-refractivity contribution in [2.24, 2.45) is 4.99 Å². The molecule has 3 rings (SSSR count). The Bertz CT molecular complexity index is 757. The fourth-order valence-electron chi connectivity index (χ4n) is 3.29. The molecule has 8 heteroatoms. The predicted octanol–water partition coefficient (Wildman–Crippen LogP) is 4.05. The van der Waals surface area contributed by atoms with Crippen LogP contribution < -0.4 is 10.2 Å². The van der Waals surface area contributed by atoms with Gasteiger partial charge < -0.3 is 15.1 Å². The summed E-state index contributed by atoms with van der Waals surface area (Å²) in [5.74, 6) is 1.98. The second-order valence-electron chi connectivity index (χ2n) is 6.95. The lowest BCUT2D eigenvalue weighted by Crippen LogP contribution is -2.38. The number of nitrogens with zero attached hydrogens (tertiary/aromatic N) is 5. The molecule has 0 aliphatic carbocycles. The van der Waals surface area contributed by atoms with Gasteiger partial charge in [0.1, 0.15) is 5.82 Å². The highest BCUT2D eigenvalue weighted by atomic mass is 127. The number of guanidine groups is 1. The summed E-state index contributed by atoms with van der Waals surface area (Å²) in [6, 6.07) is 4.24. The zero-order chi connectivity index (χ0) is 19.1. The van der Waals surface area contributed by atoms with E-state index in [1.807, 2.05) is 13.1 Å². The molecule has 0 atom stereocenters. The molecule has 0 bridgehead atoms. The summed E-state index contributed by atoms with van der Waals surface area (Å²) in [6.45, 7) is 8.59. The van der Waals surface area contributed by atoms with Crippen LogP contribution in [0.2, 0.25) is 0 Å². The van der Waals surface area contributed by atoms with E-state index in [2.05, 4.69) is 56.6 Å². The number of piperidine rings is 1. The smallest absolute Gasteiger partial charge is 0.194 e. The Balaban J connectivity index is 0.00000280. The molecule has 1 fully saturated rings. The second-order valence-corrected chi connectivity index (χ2v) is 8.02. The van der Waals surface area contributed by atoms with Gasteiger partial charge in [-0.05, 0) is 50.8 Å². The molecule has 2 aromatic heterocycles. The fourth-order valence-corrected chi connectivity index (χ4v) is 3.89. The van der Waals surface area contributed by atoms with Crippen LogP contribution in [-0.4, -0.2) is 47.5 Å². The molecule has 2 aromatic rings. The van der Waals surface area contributed by atoms with Crippen molar-refractivity contribution in [3.8, 4) is 0 Å². The van der Waals surface area contributed by atoms with Crippen LogP contribution in [0, 0.1) is 6.92 Å². The SMILES string of the molecule is CCNC(=NCc1ccnc(N2CCCCC2)c1)N(C)Cc1csc(C)n1.I. The van der Waals surface area contributed by atoms with Gasteiger partial charge >= 0.3 is 0 Å². The molecule has 1 aliphatic rings. The zero-order valence-electron chi connectivity index (χ0n) is 17.0. The zero-order valence-corrected chi connectivity index (χ0v) is 20.2. The van der Waals surface area contributed by atoms with Crippen LogP contribution in [-0.2, 0) is 13.1 Å². The Kier molecular flexibility index (Phi) is 9.43. The lowest BCUT2D eigenvalue weighted by atomic mass is 10.1. The van der Waals surface area contributed by atoms with E-state index in [0.29, 0.717) is 6.54 Å².